The van der Waals surface area contributed by atoms with Crippen molar-refractivity contribution >= 4 is 17.9 Å². The highest BCUT2D eigenvalue weighted by Gasteiger charge is 2.19. The van der Waals surface area contributed by atoms with Gasteiger partial charge < -0.3 is 14.2 Å². The van der Waals surface area contributed by atoms with Gasteiger partial charge in [-0.1, -0.05) is 313 Å². The summed E-state index contributed by atoms with van der Waals surface area (Å²) < 4.78 is 17.0. The molecule has 0 saturated heterocycles. The number of rotatable bonds is 62. The molecule has 0 bridgehead atoms. The molecule has 0 radical (unpaired) electrons. The zero-order valence-electron chi connectivity index (χ0n) is 51.0. The molecule has 0 N–H and O–H groups in total. The number of carbonyl (C=O) groups is 3. The topological polar surface area (TPSA) is 78.9 Å². The van der Waals surface area contributed by atoms with E-state index in [-0.39, 0.29) is 31.1 Å². The molecule has 76 heavy (non-hydrogen) atoms. The fourth-order valence-corrected chi connectivity index (χ4v) is 10.0. The molecule has 0 aromatic rings. The molecule has 0 heterocycles. The SMILES string of the molecule is CC/C=C\C/C=C\C/C=C\CCCCCCCCCC(=O)OC(COC(=O)CCCCCCCCCCCCCCC/C=C\CCCCCCCCCC)COC(=O)CCCCCCCCCCCCCCCCCC. The van der Waals surface area contributed by atoms with Gasteiger partial charge in [-0.15, -0.1) is 0 Å². The van der Waals surface area contributed by atoms with Crippen molar-refractivity contribution in [2.24, 2.45) is 0 Å². The lowest BCUT2D eigenvalue weighted by atomic mass is 10.0. The highest BCUT2D eigenvalue weighted by molar-refractivity contribution is 5.71. The summed E-state index contributed by atoms with van der Waals surface area (Å²) in [7, 11) is 0. The van der Waals surface area contributed by atoms with E-state index < -0.39 is 6.10 Å². The summed E-state index contributed by atoms with van der Waals surface area (Å²) in [5.74, 6) is -0.859. The first-order valence-corrected chi connectivity index (χ1v) is 33.6. The van der Waals surface area contributed by atoms with Crippen molar-refractivity contribution < 1.29 is 28.6 Å². The quantitative estimate of drug-likeness (QED) is 0.0261. The molecule has 0 rings (SSSR count). The van der Waals surface area contributed by atoms with Crippen LogP contribution in [0.1, 0.15) is 361 Å². The van der Waals surface area contributed by atoms with Crippen LogP contribution < -0.4 is 0 Å². The van der Waals surface area contributed by atoms with Crippen molar-refractivity contribution in [1.82, 2.24) is 0 Å². The average molecular weight is 1070 g/mol. The van der Waals surface area contributed by atoms with Gasteiger partial charge in [0.2, 0.25) is 0 Å². The Morgan fingerprint density at radius 2 is 0.513 bits per heavy atom. The van der Waals surface area contributed by atoms with Crippen molar-refractivity contribution in [2.75, 3.05) is 13.2 Å². The smallest absolute Gasteiger partial charge is 0.306 e. The molecule has 0 aliphatic carbocycles. The highest BCUT2D eigenvalue weighted by atomic mass is 16.6. The van der Waals surface area contributed by atoms with Crippen LogP contribution in [-0.2, 0) is 28.6 Å². The largest absolute Gasteiger partial charge is 0.462 e. The van der Waals surface area contributed by atoms with Crippen LogP contribution in [0.15, 0.2) is 48.6 Å². The number of hydrogen-bond donors (Lipinski definition) is 0. The van der Waals surface area contributed by atoms with E-state index in [1.165, 1.54) is 238 Å². The molecule has 6 nitrogen and oxygen atoms in total. The molecule has 0 spiro atoms. The van der Waals surface area contributed by atoms with Crippen molar-refractivity contribution in [3.63, 3.8) is 0 Å². The summed E-state index contributed by atoms with van der Waals surface area (Å²) in [6.45, 7) is 6.59. The number of esters is 3. The Hall–Kier alpha value is -2.63. The molecule has 0 aromatic carbocycles. The van der Waals surface area contributed by atoms with Gasteiger partial charge in [0.1, 0.15) is 13.2 Å². The monoisotopic (exact) mass is 1060 g/mol. The standard InChI is InChI=1S/C70H128O6/c1-4-7-10-13-16-19-22-25-28-31-32-33-34-35-36-37-38-40-42-45-48-51-54-57-60-63-69(72)75-66-67(65-74-68(71)62-59-56-53-50-47-44-41-30-27-24-21-18-15-12-9-6-3)76-70(73)64-61-58-55-52-49-46-43-39-29-26-23-20-17-14-11-8-5-2/h8,11,17,20,26,29,31-32,67H,4-7,9-10,12-16,18-19,21-25,27-28,30,33-66H2,1-3H3/b11-8-,20-17-,29-26-,32-31-. The fourth-order valence-electron chi connectivity index (χ4n) is 10.0. The molecule has 6 heteroatoms. The predicted molar refractivity (Wildman–Crippen MR) is 330 cm³/mol. The van der Waals surface area contributed by atoms with Gasteiger partial charge in [0.15, 0.2) is 6.10 Å². The van der Waals surface area contributed by atoms with Gasteiger partial charge in [0.05, 0.1) is 0 Å². The summed E-state index contributed by atoms with van der Waals surface area (Å²) in [4.78, 5) is 38.4. The van der Waals surface area contributed by atoms with Crippen LogP contribution in [0.25, 0.3) is 0 Å². The Labute approximate surface area is 473 Å². The normalized spacial score (nSPS) is 12.3. The first kappa shape index (κ1) is 73.4. The predicted octanol–water partition coefficient (Wildman–Crippen LogP) is 22.9. The molecule has 0 aliphatic heterocycles. The van der Waals surface area contributed by atoms with Crippen LogP contribution in [0.2, 0.25) is 0 Å². The van der Waals surface area contributed by atoms with E-state index in [2.05, 4.69) is 69.4 Å². The Balaban J connectivity index is 4.28. The lowest BCUT2D eigenvalue weighted by Gasteiger charge is -2.18. The molecule has 0 amide bonds. The van der Waals surface area contributed by atoms with Gasteiger partial charge in [-0.25, -0.2) is 0 Å². The molecule has 0 fully saturated rings. The fraction of sp³-hybridized carbons (Fsp3) is 0.843. The summed E-state index contributed by atoms with van der Waals surface area (Å²) >= 11 is 0. The van der Waals surface area contributed by atoms with E-state index in [9.17, 15) is 14.4 Å². The summed E-state index contributed by atoms with van der Waals surface area (Å²) in [6.07, 6.45) is 81.3. The number of ether oxygens (including phenoxy) is 3. The van der Waals surface area contributed by atoms with Gasteiger partial charge in [-0.2, -0.15) is 0 Å². The zero-order chi connectivity index (χ0) is 55.0. The van der Waals surface area contributed by atoms with Crippen LogP contribution in [0.4, 0.5) is 0 Å². The Kier molecular flexibility index (Phi) is 62.6. The number of allylic oxidation sites excluding steroid dienone is 8. The van der Waals surface area contributed by atoms with E-state index in [1.54, 1.807) is 0 Å². The van der Waals surface area contributed by atoms with Crippen LogP contribution in [0.5, 0.6) is 0 Å². The average Bonchev–Trinajstić information content (AvgIpc) is 3.42. The maximum atomic E-state index is 12.9. The van der Waals surface area contributed by atoms with E-state index in [0.717, 1.165) is 83.5 Å². The van der Waals surface area contributed by atoms with Crippen LogP contribution in [0.3, 0.4) is 0 Å². The number of unbranched alkanes of at least 4 members (excludes halogenated alkanes) is 43. The number of carbonyl (C=O) groups excluding carboxylic acids is 3. The first-order valence-electron chi connectivity index (χ1n) is 33.6. The minimum atomic E-state index is -0.777. The summed E-state index contributed by atoms with van der Waals surface area (Å²) in [6, 6.07) is 0. The first-order chi connectivity index (χ1) is 37.5. The molecular weight excluding hydrogens is 937 g/mol. The Bertz CT molecular complexity index is 1310. The molecule has 444 valence electrons. The summed E-state index contributed by atoms with van der Waals surface area (Å²) in [5, 5.41) is 0. The van der Waals surface area contributed by atoms with Crippen molar-refractivity contribution in [3.05, 3.63) is 48.6 Å². The minimum absolute atomic E-state index is 0.0728. The molecular formula is C70H128O6. The van der Waals surface area contributed by atoms with E-state index >= 15 is 0 Å². The van der Waals surface area contributed by atoms with Gasteiger partial charge in [0, 0.05) is 19.3 Å². The second-order valence-electron chi connectivity index (χ2n) is 22.7. The van der Waals surface area contributed by atoms with Gasteiger partial charge in [-0.3, -0.25) is 14.4 Å². The van der Waals surface area contributed by atoms with Crippen molar-refractivity contribution in [3.8, 4) is 0 Å². The van der Waals surface area contributed by atoms with E-state index in [1.807, 2.05) is 0 Å². The summed E-state index contributed by atoms with van der Waals surface area (Å²) in [5.41, 5.74) is 0. The van der Waals surface area contributed by atoms with Crippen molar-refractivity contribution in [2.45, 2.75) is 367 Å². The van der Waals surface area contributed by atoms with Crippen LogP contribution >= 0.6 is 0 Å². The number of hydrogen-bond acceptors (Lipinski definition) is 6. The van der Waals surface area contributed by atoms with E-state index in [0.29, 0.717) is 19.3 Å². The van der Waals surface area contributed by atoms with Gasteiger partial charge in [0.25, 0.3) is 0 Å². The maximum absolute atomic E-state index is 12.9. The second kappa shape index (κ2) is 64.9. The third-order valence-electron chi connectivity index (χ3n) is 15.1. The molecule has 1 unspecified atom stereocenters. The Morgan fingerprint density at radius 1 is 0.276 bits per heavy atom. The van der Waals surface area contributed by atoms with Crippen LogP contribution in [0, 0.1) is 0 Å². The zero-order valence-corrected chi connectivity index (χ0v) is 51.0. The van der Waals surface area contributed by atoms with Gasteiger partial charge in [-0.05, 0) is 77.0 Å². The lowest BCUT2D eigenvalue weighted by molar-refractivity contribution is -0.167. The molecule has 1 atom stereocenters. The Morgan fingerprint density at radius 3 is 0.816 bits per heavy atom. The van der Waals surface area contributed by atoms with Crippen LogP contribution in [-0.4, -0.2) is 37.2 Å². The molecule has 0 aliphatic rings. The van der Waals surface area contributed by atoms with E-state index in [4.69, 9.17) is 14.2 Å². The van der Waals surface area contributed by atoms with Gasteiger partial charge >= 0.3 is 17.9 Å². The highest BCUT2D eigenvalue weighted by Crippen LogP contribution is 2.18. The maximum Gasteiger partial charge on any atom is 0.306 e. The minimum Gasteiger partial charge on any atom is -0.462 e. The van der Waals surface area contributed by atoms with Crippen molar-refractivity contribution in [1.29, 1.82) is 0 Å². The lowest BCUT2D eigenvalue weighted by Crippen LogP contribution is -2.30. The molecule has 0 aromatic heterocycles. The second-order valence-corrected chi connectivity index (χ2v) is 22.7. The molecule has 0 saturated carbocycles. The third-order valence-corrected chi connectivity index (χ3v) is 15.1. The third kappa shape index (κ3) is 62.2.